The molecule has 1 aliphatic heterocycles. The number of ether oxygens (including phenoxy) is 2. The molecule has 4 rings (SSSR count). The summed E-state index contributed by atoms with van der Waals surface area (Å²) in [5.74, 6) is 3.02. The molecule has 1 fully saturated rings. The quantitative estimate of drug-likeness (QED) is 0.546. The van der Waals surface area contributed by atoms with Gasteiger partial charge in [0.05, 0.1) is 19.7 Å². The van der Waals surface area contributed by atoms with E-state index >= 15 is 0 Å². The molecular formula is C21H25N5O4S. The minimum atomic E-state index is -3.66. The lowest BCUT2D eigenvalue weighted by Gasteiger charge is -2.41. The van der Waals surface area contributed by atoms with Crippen molar-refractivity contribution in [2.75, 3.05) is 38.8 Å². The van der Waals surface area contributed by atoms with Crippen molar-refractivity contribution in [3.63, 3.8) is 0 Å². The van der Waals surface area contributed by atoms with Gasteiger partial charge in [-0.15, -0.1) is 0 Å². The maximum atomic E-state index is 11.1. The average Bonchev–Trinajstić information content (AvgIpc) is 2.73. The number of rotatable bonds is 8. The molecule has 1 aromatic heterocycles. The van der Waals surface area contributed by atoms with Gasteiger partial charge in [-0.25, -0.2) is 19.8 Å². The summed E-state index contributed by atoms with van der Waals surface area (Å²) in [5, 5.41) is 5.87. The van der Waals surface area contributed by atoms with E-state index < -0.39 is 10.2 Å². The molecule has 9 nitrogen and oxygen atoms in total. The Bertz CT molecular complexity index is 1180. The molecule has 0 spiro atoms. The van der Waals surface area contributed by atoms with E-state index in [0.29, 0.717) is 36.2 Å². The normalized spacial score (nSPS) is 14.5. The smallest absolute Gasteiger partial charge is 0.274 e. The number of nitrogens with two attached hydrogens (primary N) is 1. The van der Waals surface area contributed by atoms with Gasteiger partial charge < -0.3 is 14.4 Å². The SMILES string of the molecule is COc1cc2nc(-c3ccccc3)nc(N3CC(CCNS(N)(=O)=O)C3)c2cc1OC. The van der Waals surface area contributed by atoms with Crippen molar-refractivity contribution in [3.8, 4) is 22.9 Å². The van der Waals surface area contributed by atoms with Crippen molar-refractivity contribution in [2.24, 2.45) is 11.1 Å². The van der Waals surface area contributed by atoms with E-state index in [1.165, 1.54) is 0 Å². The minimum Gasteiger partial charge on any atom is -0.493 e. The van der Waals surface area contributed by atoms with Gasteiger partial charge in [-0.05, 0) is 18.4 Å². The van der Waals surface area contributed by atoms with Gasteiger partial charge in [-0.3, -0.25) is 0 Å². The Labute approximate surface area is 181 Å². The van der Waals surface area contributed by atoms with Crippen molar-refractivity contribution in [2.45, 2.75) is 6.42 Å². The zero-order valence-corrected chi connectivity index (χ0v) is 18.2. The van der Waals surface area contributed by atoms with Crippen molar-refractivity contribution in [1.82, 2.24) is 14.7 Å². The summed E-state index contributed by atoms with van der Waals surface area (Å²) >= 11 is 0. The van der Waals surface area contributed by atoms with Gasteiger partial charge in [0.1, 0.15) is 5.82 Å². The molecule has 0 amide bonds. The molecule has 10 heteroatoms. The number of nitrogens with one attached hydrogen (secondary N) is 1. The molecule has 2 aromatic carbocycles. The van der Waals surface area contributed by atoms with Crippen LogP contribution >= 0.6 is 0 Å². The Hall–Kier alpha value is -2.95. The summed E-state index contributed by atoms with van der Waals surface area (Å²) in [6, 6.07) is 13.6. The third-order valence-corrected chi connectivity index (χ3v) is 5.93. The van der Waals surface area contributed by atoms with Crippen molar-refractivity contribution in [1.29, 1.82) is 0 Å². The summed E-state index contributed by atoms with van der Waals surface area (Å²) in [6.07, 6.45) is 0.707. The molecule has 3 N–H and O–H groups in total. The maximum Gasteiger partial charge on any atom is 0.274 e. The van der Waals surface area contributed by atoms with Crippen LogP contribution in [0.15, 0.2) is 42.5 Å². The van der Waals surface area contributed by atoms with Gasteiger partial charge in [0.2, 0.25) is 0 Å². The van der Waals surface area contributed by atoms with Crippen LogP contribution in [-0.2, 0) is 10.2 Å². The molecule has 0 radical (unpaired) electrons. The van der Waals surface area contributed by atoms with Crippen LogP contribution in [0.3, 0.4) is 0 Å². The molecule has 0 unspecified atom stereocenters. The lowest BCUT2D eigenvalue weighted by atomic mass is 9.96. The van der Waals surface area contributed by atoms with Crippen LogP contribution in [0, 0.1) is 5.92 Å². The summed E-state index contributed by atoms with van der Waals surface area (Å²) in [7, 11) is -0.464. The fourth-order valence-electron chi connectivity index (χ4n) is 3.73. The Morgan fingerprint density at radius 1 is 1.10 bits per heavy atom. The van der Waals surface area contributed by atoms with Crippen molar-refractivity contribution >= 4 is 26.9 Å². The van der Waals surface area contributed by atoms with Gasteiger partial charge in [0.25, 0.3) is 10.2 Å². The number of hydrogen-bond acceptors (Lipinski definition) is 7. The first-order chi connectivity index (χ1) is 14.9. The van der Waals surface area contributed by atoms with Crippen LogP contribution in [0.4, 0.5) is 5.82 Å². The molecule has 0 aliphatic carbocycles. The van der Waals surface area contributed by atoms with E-state index in [9.17, 15) is 8.42 Å². The molecule has 0 saturated carbocycles. The van der Waals surface area contributed by atoms with Crippen LogP contribution in [0.25, 0.3) is 22.3 Å². The molecule has 3 aromatic rings. The molecule has 164 valence electrons. The zero-order valence-electron chi connectivity index (χ0n) is 17.4. The molecule has 1 aliphatic rings. The molecular weight excluding hydrogens is 418 g/mol. The van der Waals surface area contributed by atoms with Crippen molar-refractivity contribution < 1.29 is 17.9 Å². The highest BCUT2D eigenvalue weighted by molar-refractivity contribution is 7.87. The summed E-state index contributed by atoms with van der Waals surface area (Å²) in [6.45, 7) is 1.85. The highest BCUT2D eigenvalue weighted by Gasteiger charge is 2.30. The Kier molecular flexibility index (Phi) is 5.94. The molecule has 1 saturated heterocycles. The van der Waals surface area contributed by atoms with E-state index in [2.05, 4.69) is 9.62 Å². The lowest BCUT2D eigenvalue weighted by Crippen LogP contribution is -2.48. The van der Waals surface area contributed by atoms with E-state index in [1.54, 1.807) is 14.2 Å². The average molecular weight is 444 g/mol. The van der Waals surface area contributed by atoms with Gasteiger partial charge in [-0.2, -0.15) is 8.42 Å². The highest BCUT2D eigenvalue weighted by atomic mass is 32.2. The predicted molar refractivity (Wildman–Crippen MR) is 120 cm³/mol. The fraction of sp³-hybridized carbons (Fsp3) is 0.333. The maximum absolute atomic E-state index is 11.1. The molecule has 2 heterocycles. The van der Waals surface area contributed by atoms with Gasteiger partial charge in [0.15, 0.2) is 17.3 Å². The summed E-state index contributed by atoms with van der Waals surface area (Å²) < 4.78 is 35.4. The first-order valence-corrected chi connectivity index (χ1v) is 11.4. The largest absolute Gasteiger partial charge is 0.493 e. The number of hydrogen-bond donors (Lipinski definition) is 2. The van der Waals surface area contributed by atoms with Crippen LogP contribution in [0.2, 0.25) is 0 Å². The molecule has 31 heavy (non-hydrogen) atoms. The Morgan fingerprint density at radius 3 is 2.42 bits per heavy atom. The van der Waals surface area contributed by atoms with E-state index in [0.717, 1.165) is 35.4 Å². The van der Waals surface area contributed by atoms with Crippen LogP contribution in [0.1, 0.15) is 6.42 Å². The lowest BCUT2D eigenvalue weighted by molar-refractivity contribution is 0.355. The first-order valence-electron chi connectivity index (χ1n) is 9.89. The topological polar surface area (TPSA) is 120 Å². The number of methoxy groups -OCH3 is 2. The van der Waals surface area contributed by atoms with Crippen molar-refractivity contribution in [3.05, 3.63) is 42.5 Å². The van der Waals surface area contributed by atoms with E-state index in [1.807, 2.05) is 42.5 Å². The van der Waals surface area contributed by atoms with Gasteiger partial charge >= 0.3 is 0 Å². The van der Waals surface area contributed by atoms with Crippen LogP contribution in [0.5, 0.6) is 11.5 Å². The fourth-order valence-corrected chi connectivity index (χ4v) is 4.13. The number of nitrogens with zero attached hydrogens (tertiary/aromatic N) is 3. The number of aromatic nitrogens is 2. The second-order valence-electron chi connectivity index (χ2n) is 7.46. The number of anilines is 1. The second-order valence-corrected chi connectivity index (χ2v) is 8.84. The van der Waals surface area contributed by atoms with Crippen LogP contribution in [-0.4, -0.2) is 52.2 Å². The minimum absolute atomic E-state index is 0.322. The third kappa shape index (κ3) is 4.71. The number of fused-ring (bicyclic) bond motifs is 1. The van der Waals surface area contributed by atoms with E-state index in [4.69, 9.17) is 24.6 Å². The summed E-state index contributed by atoms with van der Waals surface area (Å²) in [4.78, 5) is 11.8. The standard InChI is InChI=1S/C21H25N5O4S/c1-29-18-10-16-17(11-19(18)30-2)24-20(15-6-4-3-5-7-15)25-21(16)26-12-14(13-26)8-9-23-31(22,27)28/h3-7,10-11,14,23H,8-9,12-13H2,1-2H3,(H2,22,27,28). The Balaban J connectivity index is 1.66. The summed E-state index contributed by atoms with van der Waals surface area (Å²) in [5.41, 5.74) is 1.69. The second kappa shape index (κ2) is 8.66. The number of benzene rings is 2. The zero-order chi connectivity index (χ0) is 22.0. The van der Waals surface area contributed by atoms with E-state index in [-0.39, 0.29) is 0 Å². The Morgan fingerprint density at radius 2 is 1.77 bits per heavy atom. The predicted octanol–water partition coefficient (Wildman–Crippen LogP) is 1.93. The highest BCUT2D eigenvalue weighted by Crippen LogP contribution is 2.38. The third-order valence-electron chi connectivity index (χ3n) is 5.33. The van der Waals surface area contributed by atoms with Gasteiger partial charge in [-0.1, -0.05) is 30.3 Å². The first kappa shape index (κ1) is 21.3. The van der Waals surface area contributed by atoms with Crippen LogP contribution < -0.4 is 24.2 Å². The molecule has 0 atom stereocenters. The monoisotopic (exact) mass is 443 g/mol. The van der Waals surface area contributed by atoms with Gasteiger partial charge in [0, 0.05) is 36.7 Å². The molecule has 0 bridgehead atoms.